The van der Waals surface area contributed by atoms with Crippen LogP contribution in [0.5, 0.6) is 0 Å². The van der Waals surface area contributed by atoms with E-state index in [1.165, 1.54) is 16.8 Å². The van der Waals surface area contributed by atoms with E-state index in [-0.39, 0.29) is 11.3 Å². The lowest BCUT2D eigenvalue weighted by molar-refractivity contribution is 0.0486. The van der Waals surface area contributed by atoms with Crippen molar-refractivity contribution in [2.24, 2.45) is 0 Å². The smallest absolute Gasteiger partial charge is 0.274 e. The minimum atomic E-state index is 0.115. The number of nitrogens with zero attached hydrogens (tertiary/aromatic N) is 4. The fourth-order valence-corrected chi connectivity index (χ4v) is 6.16. The highest BCUT2D eigenvalue weighted by Gasteiger charge is 2.36. The molecule has 7 nitrogen and oxygen atoms in total. The van der Waals surface area contributed by atoms with Crippen molar-refractivity contribution in [3.63, 3.8) is 0 Å². The number of ether oxygens (including phenoxy) is 1. The van der Waals surface area contributed by atoms with Gasteiger partial charge in [-0.05, 0) is 64.6 Å². The predicted molar refractivity (Wildman–Crippen MR) is 138 cm³/mol. The fourth-order valence-electron chi connectivity index (χ4n) is 6.16. The molecule has 7 heteroatoms. The van der Waals surface area contributed by atoms with Crippen molar-refractivity contribution in [1.82, 2.24) is 24.9 Å². The zero-order valence-corrected chi connectivity index (χ0v) is 21.5. The topological polar surface area (TPSA) is 62.6 Å². The molecule has 1 aliphatic carbocycles. The second kappa shape index (κ2) is 10.8. The van der Waals surface area contributed by atoms with E-state index in [4.69, 9.17) is 9.84 Å². The Morgan fingerprint density at radius 1 is 1.14 bits per heavy atom. The molecule has 0 bridgehead atoms. The van der Waals surface area contributed by atoms with Gasteiger partial charge in [0.1, 0.15) is 0 Å². The first kappa shape index (κ1) is 24.5. The Balaban J connectivity index is 1.32. The molecule has 5 rings (SSSR count). The zero-order valence-electron chi connectivity index (χ0n) is 21.5. The maximum Gasteiger partial charge on any atom is 0.274 e. The molecule has 35 heavy (non-hydrogen) atoms. The number of likely N-dealkylation sites (N-methyl/N-ethyl adjacent to an activating group) is 1. The third-order valence-electron chi connectivity index (χ3n) is 8.42. The Morgan fingerprint density at radius 2 is 1.94 bits per heavy atom. The van der Waals surface area contributed by atoms with Gasteiger partial charge in [0.2, 0.25) is 0 Å². The maximum atomic E-state index is 13.6. The van der Waals surface area contributed by atoms with E-state index in [1.54, 1.807) is 0 Å². The van der Waals surface area contributed by atoms with Gasteiger partial charge in [0.25, 0.3) is 5.91 Å². The Hall–Kier alpha value is -2.22. The summed E-state index contributed by atoms with van der Waals surface area (Å²) < 4.78 is 7.81. The van der Waals surface area contributed by atoms with Gasteiger partial charge in [-0.25, -0.2) is 0 Å². The molecule has 1 atom stereocenters. The van der Waals surface area contributed by atoms with Crippen molar-refractivity contribution >= 4 is 5.91 Å². The molecular weight excluding hydrogens is 438 g/mol. The van der Waals surface area contributed by atoms with Crippen molar-refractivity contribution in [2.45, 2.75) is 63.5 Å². The van der Waals surface area contributed by atoms with Crippen molar-refractivity contribution in [1.29, 1.82) is 0 Å². The molecule has 2 aromatic rings. The number of benzene rings is 1. The summed E-state index contributed by atoms with van der Waals surface area (Å²) in [5.41, 5.74) is 4.67. The first-order chi connectivity index (χ1) is 17.1. The van der Waals surface area contributed by atoms with Crippen LogP contribution in [0.1, 0.15) is 59.9 Å². The number of nitrogens with one attached hydrogen (secondary N) is 1. The molecule has 190 valence electrons. The van der Waals surface area contributed by atoms with Crippen molar-refractivity contribution < 1.29 is 9.53 Å². The minimum absolute atomic E-state index is 0.115. The van der Waals surface area contributed by atoms with E-state index in [9.17, 15) is 4.79 Å². The summed E-state index contributed by atoms with van der Waals surface area (Å²) in [6.07, 6.45) is 6.05. The fraction of sp³-hybridized carbons (Fsp3) is 0.643. The Bertz CT molecular complexity index is 998. The predicted octanol–water partition coefficient (Wildman–Crippen LogP) is 2.88. The molecule has 1 aromatic carbocycles. The monoisotopic (exact) mass is 479 g/mol. The number of hydrogen-bond acceptors (Lipinski definition) is 5. The van der Waals surface area contributed by atoms with E-state index in [0.717, 1.165) is 91.0 Å². The highest BCUT2D eigenvalue weighted by Crippen LogP contribution is 2.35. The summed E-state index contributed by atoms with van der Waals surface area (Å²) in [5, 5.41) is 8.78. The first-order valence-electron chi connectivity index (χ1n) is 13.5. The summed E-state index contributed by atoms with van der Waals surface area (Å²) in [7, 11) is 2.14. The van der Waals surface area contributed by atoms with Crippen LogP contribution in [0, 0.1) is 0 Å². The molecular formula is C28H41N5O2. The summed E-state index contributed by atoms with van der Waals surface area (Å²) in [6, 6.07) is 11.3. The van der Waals surface area contributed by atoms with E-state index in [2.05, 4.69) is 59.2 Å². The van der Waals surface area contributed by atoms with Gasteiger partial charge in [-0.1, -0.05) is 30.3 Å². The SMILES string of the molecule is CCn1nc(C(=O)N2CCCN(C)CC2)c2c1CC[C@H](NCC1(c3ccccc3)CCOCC1)C2. The number of carbonyl (C=O) groups excluding carboxylic acids is 1. The van der Waals surface area contributed by atoms with Crippen LogP contribution in [0.3, 0.4) is 0 Å². The van der Waals surface area contributed by atoms with Crippen LogP contribution in [-0.2, 0) is 29.5 Å². The lowest BCUT2D eigenvalue weighted by atomic mass is 9.73. The summed E-state index contributed by atoms with van der Waals surface area (Å²) >= 11 is 0. The molecule has 3 heterocycles. The van der Waals surface area contributed by atoms with Gasteiger partial charge in [-0.15, -0.1) is 0 Å². The van der Waals surface area contributed by atoms with Gasteiger partial charge in [0.15, 0.2) is 5.69 Å². The number of aryl methyl sites for hydroxylation is 1. The Kier molecular flexibility index (Phi) is 7.56. The largest absolute Gasteiger partial charge is 0.381 e. The number of fused-ring (bicyclic) bond motifs is 1. The molecule has 2 saturated heterocycles. The molecule has 0 unspecified atom stereocenters. The van der Waals surface area contributed by atoms with Crippen LogP contribution in [0.15, 0.2) is 30.3 Å². The lowest BCUT2D eigenvalue weighted by Crippen LogP contribution is -2.47. The Morgan fingerprint density at radius 3 is 2.71 bits per heavy atom. The number of aromatic nitrogens is 2. The van der Waals surface area contributed by atoms with Crippen molar-refractivity contribution in [2.75, 3.05) is 53.0 Å². The molecule has 3 aliphatic rings. The van der Waals surface area contributed by atoms with Gasteiger partial charge < -0.3 is 19.9 Å². The normalized spacial score (nSPS) is 23.0. The molecule has 1 aromatic heterocycles. The number of rotatable bonds is 6. The van der Waals surface area contributed by atoms with Gasteiger partial charge in [0.05, 0.1) is 0 Å². The van der Waals surface area contributed by atoms with Crippen molar-refractivity contribution in [3.05, 3.63) is 52.8 Å². The Labute approximate surface area is 209 Å². The number of amides is 1. The van der Waals surface area contributed by atoms with Gasteiger partial charge >= 0.3 is 0 Å². The minimum Gasteiger partial charge on any atom is -0.381 e. The van der Waals surface area contributed by atoms with E-state index >= 15 is 0 Å². The summed E-state index contributed by atoms with van der Waals surface area (Å²) in [6.45, 7) is 9.10. The van der Waals surface area contributed by atoms with Crippen LogP contribution in [0.2, 0.25) is 0 Å². The van der Waals surface area contributed by atoms with Crippen LogP contribution >= 0.6 is 0 Å². The average molecular weight is 480 g/mol. The average Bonchev–Trinajstić information content (AvgIpc) is 3.13. The van der Waals surface area contributed by atoms with Crippen LogP contribution < -0.4 is 5.32 Å². The second-order valence-electron chi connectivity index (χ2n) is 10.6. The first-order valence-corrected chi connectivity index (χ1v) is 13.5. The second-order valence-corrected chi connectivity index (χ2v) is 10.6. The third kappa shape index (κ3) is 5.18. The van der Waals surface area contributed by atoms with Gasteiger partial charge in [0, 0.05) is 68.7 Å². The summed E-state index contributed by atoms with van der Waals surface area (Å²) in [4.78, 5) is 17.9. The molecule has 2 fully saturated rings. The third-order valence-corrected chi connectivity index (χ3v) is 8.42. The number of hydrogen-bond donors (Lipinski definition) is 1. The standard InChI is InChI=1S/C28H41N5O2/c1-3-33-25-11-10-23(29-21-28(12-18-35-19-13-28)22-8-5-4-6-9-22)20-24(25)26(30-33)27(34)32-15-7-14-31(2)16-17-32/h4-6,8-9,23,29H,3,7,10-21H2,1-2H3/t23-/m0/s1. The van der Waals surface area contributed by atoms with Gasteiger partial charge in [-0.3, -0.25) is 9.48 Å². The zero-order chi connectivity index (χ0) is 24.3. The van der Waals surface area contributed by atoms with Crippen LogP contribution in [0.25, 0.3) is 0 Å². The van der Waals surface area contributed by atoms with E-state index < -0.39 is 0 Å². The van der Waals surface area contributed by atoms with Crippen LogP contribution in [-0.4, -0.2) is 84.5 Å². The summed E-state index contributed by atoms with van der Waals surface area (Å²) in [5.74, 6) is 0.120. The van der Waals surface area contributed by atoms with E-state index in [0.29, 0.717) is 11.7 Å². The highest BCUT2D eigenvalue weighted by molar-refractivity contribution is 5.94. The molecule has 0 radical (unpaired) electrons. The van der Waals surface area contributed by atoms with Gasteiger partial charge in [-0.2, -0.15) is 5.10 Å². The molecule has 1 N–H and O–H groups in total. The van der Waals surface area contributed by atoms with Crippen molar-refractivity contribution in [3.8, 4) is 0 Å². The maximum absolute atomic E-state index is 13.6. The molecule has 0 spiro atoms. The molecule has 0 saturated carbocycles. The molecule has 2 aliphatic heterocycles. The lowest BCUT2D eigenvalue weighted by Gasteiger charge is -2.39. The van der Waals surface area contributed by atoms with E-state index in [1.807, 2.05) is 4.90 Å². The van der Waals surface area contributed by atoms with Crippen LogP contribution in [0.4, 0.5) is 0 Å². The quantitative estimate of drug-likeness (QED) is 0.690. The highest BCUT2D eigenvalue weighted by atomic mass is 16.5. The number of carbonyl (C=O) groups is 1. The molecule has 1 amide bonds.